The average Bonchev–Trinajstić information content (AvgIpc) is 3.29. The van der Waals surface area contributed by atoms with Gasteiger partial charge in [0.25, 0.3) is 5.91 Å². The summed E-state index contributed by atoms with van der Waals surface area (Å²) in [6.45, 7) is 4.68. The summed E-state index contributed by atoms with van der Waals surface area (Å²) < 4.78 is 5.89. The highest BCUT2D eigenvalue weighted by Crippen LogP contribution is 2.39. The van der Waals surface area contributed by atoms with Gasteiger partial charge in [0.05, 0.1) is 23.3 Å². The van der Waals surface area contributed by atoms with Gasteiger partial charge in [0.2, 0.25) is 0 Å². The van der Waals surface area contributed by atoms with Crippen LogP contribution in [0.4, 0.5) is 0 Å². The standard InChI is InChI=1S/C22H29N3O2/c23-16-18-6-1-2-8-20(18)21(26)24-12-4-9-22(11-14-24)10-5-13-25(22)17-19-7-3-15-27-19/h1-2,6,8,19H,3-5,7,9-15,17H2/t19-,22-/m1/s1. The summed E-state index contributed by atoms with van der Waals surface area (Å²) in [6, 6.07) is 9.32. The van der Waals surface area contributed by atoms with Crippen molar-refractivity contribution in [3.8, 4) is 6.07 Å². The molecule has 144 valence electrons. The molecule has 1 aromatic rings. The highest BCUT2D eigenvalue weighted by Gasteiger charge is 2.43. The molecule has 0 aliphatic carbocycles. The Morgan fingerprint density at radius 3 is 2.74 bits per heavy atom. The van der Waals surface area contributed by atoms with Gasteiger partial charge >= 0.3 is 0 Å². The lowest BCUT2D eigenvalue weighted by atomic mass is 9.87. The first-order chi connectivity index (χ1) is 13.2. The monoisotopic (exact) mass is 367 g/mol. The Kier molecular flexibility index (Phi) is 5.47. The molecule has 3 saturated heterocycles. The molecule has 3 aliphatic heterocycles. The zero-order valence-electron chi connectivity index (χ0n) is 16.0. The fraction of sp³-hybridized carbons (Fsp3) is 0.636. The first kappa shape index (κ1) is 18.5. The molecule has 0 saturated carbocycles. The molecule has 27 heavy (non-hydrogen) atoms. The van der Waals surface area contributed by atoms with Crippen molar-refractivity contribution in [2.45, 2.75) is 56.6 Å². The summed E-state index contributed by atoms with van der Waals surface area (Å²) in [5.74, 6) is 0.00729. The fourth-order valence-corrected chi connectivity index (χ4v) is 5.20. The summed E-state index contributed by atoms with van der Waals surface area (Å²) in [6.07, 6.45) is 8.46. The number of nitriles is 1. The van der Waals surface area contributed by atoms with Gasteiger partial charge in [0.1, 0.15) is 0 Å². The van der Waals surface area contributed by atoms with Gasteiger partial charge in [-0.2, -0.15) is 5.26 Å². The number of rotatable bonds is 3. The number of benzene rings is 1. The van der Waals surface area contributed by atoms with Crippen molar-refractivity contribution < 1.29 is 9.53 Å². The van der Waals surface area contributed by atoms with Crippen molar-refractivity contribution in [2.24, 2.45) is 0 Å². The van der Waals surface area contributed by atoms with Crippen molar-refractivity contribution in [1.29, 1.82) is 5.26 Å². The highest BCUT2D eigenvalue weighted by molar-refractivity contribution is 5.96. The lowest BCUT2D eigenvalue weighted by molar-refractivity contribution is 0.0339. The maximum absolute atomic E-state index is 13.0. The third-order valence-corrected chi connectivity index (χ3v) is 6.67. The Bertz CT molecular complexity index is 723. The van der Waals surface area contributed by atoms with Crippen molar-refractivity contribution in [2.75, 3.05) is 32.8 Å². The number of hydrogen-bond donors (Lipinski definition) is 0. The first-order valence-electron chi connectivity index (χ1n) is 10.4. The predicted molar refractivity (Wildman–Crippen MR) is 103 cm³/mol. The molecule has 5 nitrogen and oxygen atoms in total. The number of amides is 1. The molecule has 4 rings (SSSR count). The van der Waals surface area contributed by atoms with Gasteiger partial charge in [-0.25, -0.2) is 0 Å². The second-order valence-corrected chi connectivity index (χ2v) is 8.21. The van der Waals surface area contributed by atoms with E-state index in [1.807, 2.05) is 17.0 Å². The van der Waals surface area contributed by atoms with E-state index in [2.05, 4.69) is 11.0 Å². The third-order valence-electron chi connectivity index (χ3n) is 6.67. The molecule has 0 N–H and O–H groups in total. The summed E-state index contributed by atoms with van der Waals surface area (Å²) >= 11 is 0. The maximum Gasteiger partial charge on any atom is 0.255 e. The summed E-state index contributed by atoms with van der Waals surface area (Å²) in [4.78, 5) is 17.7. The van der Waals surface area contributed by atoms with Crippen LogP contribution in [0.3, 0.4) is 0 Å². The molecule has 1 aromatic carbocycles. The molecule has 0 bridgehead atoms. The first-order valence-corrected chi connectivity index (χ1v) is 10.4. The predicted octanol–water partition coefficient (Wildman–Crippen LogP) is 3.20. The number of carbonyl (C=O) groups excluding carboxylic acids is 1. The van der Waals surface area contributed by atoms with Gasteiger partial charge in [-0.05, 0) is 63.6 Å². The van der Waals surface area contributed by atoms with Gasteiger partial charge in [-0.1, -0.05) is 12.1 Å². The van der Waals surface area contributed by atoms with Crippen LogP contribution in [-0.2, 0) is 4.74 Å². The Labute approximate surface area is 161 Å². The summed E-state index contributed by atoms with van der Waals surface area (Å²) in [5, 5.41) is 9.32. The van der Waals surface area contributed by atoms with Gasteiger partial charge < -0.3 is 9.64 Å². The van der Waals surface area contributed by atoms with Gasteiger partial charge in [-0.15, -0.1) is 0 Å². The second kappa shape index (κ2) is 8.00. The quantitative estimate of drug-likeness (QED) is 0.823. The number of hydrogen-bond acceptors (Lipinski definition) is 4. The smallest absolute Gasteiger partial charge is 0.255 e. The van der Waals surface area contributed by atoms with E-state index in [-0.39, 0.29) is 11.4 Å². The number of nitrogens with zero attached hydrogens (tertiary/aromatic N) is 3. The summed E-state index contributed by atoms with van der Waals surface area (Å²) in [5.41, 5.74) is 1.25. The van der Waals surface area contributed by atoms with Crippen LogP contribution < -0.4 is 0 Å². The zero-order valence-corrected chi connectivity index (χ0v) is 16.0. The minimum atomic E-state index is 0.00729. The van der Waals surface area contributed by atoms with Crippen molar-refractivity contribution >= 4 is 5.91 Å². The largest absolute Gasteiger partial charge is 0.377 e. The molecular weight excluding hydrogens is 338 g/mol. The molecular formula is C22H29N3O2. The maximum atomic E-state index is 13.0. The van der Waals surface area contributed by atoms with Crippen LogP contribution in [-0.4, -0.2) is 60.1 Å². The van der Waals surface area contributed by atoms with E-state index in [0.29, 0.717) is 17.2 Å². The van der Waals surface area contributed by atoms with Crippen LogP contribution in [0.2, 0.25) is 0 Å². The Morgan fingerprint density at radius 1 is 1.15 bits per heavy atom. The van der Waals surface area contributed by atoms with Crippen LogP contribution in [0.15, 0.2) is 24.3 Å². The molecule has 1 amide bonds. The van der Waals surface area contributed by atoms with Gasteiger partial charge in [0, 0.05) is 31.8 Å². The normalized spacial score (nSPS) is 29.0. The Morgan fingerprint density at radius 2 is 1.96 bits per heavy atom. The number of ether oxygens (including phenoxy) is 1. The van der Waals surface area contributed by atoms with Crippen molar-refractivity contribution in [3.05, 3.63) is 35.4 Å². The van der Waals surface area contributed by atoms with Crippen LogP contribution in [0.1, 0.15) is 60.9 Å². The van der Waals surface area contributed by atoms with Crippen LogP contribution in [0.5, 0.6) is 0 Å². The molecule has 5 heteroatoms. The lowest BCUT2D eigenvalue weighted by Crippen LogP contribution is -2.47. The molecule has 0 unspecified atom stereocenters. The van der Waals surface area contributed by atoms with E-state index in [0.717, 1.165) is 52.0 Å². The van der Waals surface area contributed by atoms with Crippen molar-refractivity contribution in [1.82, 2.24) is 9.80 Å². The molecule has 3 fully saturated rings. The third kappa shape index (κ3) is 3.74. The van der Waals surface area contributed by atoms with Gasteiger partial charge in [0.15, 0.2) is 0 Å². The fourth-order valence-electron chi connectivity index (χ4n) is 5.20. The molecule has 3 heterocycles. The lowest BCUT2D eigenvalue weighted by Gasteiger charge is -2.39. The summed E-state index contributed by atoms with van der Waals surface area (Å²) in [7, 11) is 0. The van der Waals surface area contributed by atoms with Crippen LogP contribution in [0.25, 0.3) is 0 Å². The van der Waals surface area contributed by atoms with Gasteiger partial charge in [-0.3, -0.25) is 9.69 Å². The minimum Gasteiger partial charge on any atom is -0.377 e. The van der Waals surface area contributed by atoms with E-state index < -0.39 is 0 Å². The van der Waals surface area contributed by atoms with E-state index in [4.69, 9.17) is 4.74 Å². The molecule has 0 aromatic heterocycles. The van der Waals surface area contributed by atoms with E-state index in [1.54, 1.807) is 12.1 Å². The van der Waals surface area contributed by atoms with E-state index in [9.17, 15) is 10.1 Å². The minimum absolute atomic E-state index is 0.00729. The zero-order chi connectivity index (χ0) is 18.7. The molecule has 1 spiro atoms. The molecule has 0 radical (unpaired) electrons. The molecule has 3 aliphatic rings. The van der Waals surface area contributed by atoms with E-state index in [1.165, 1.54) is 25.7 Å². The van der Waals surface area contributed by atoms with Crippen LogP contribution in [0, 0.1) is 11.3 Å². The number of carbonyl (C=O) groups is 1. The topological polar surface area (TPSA) is 56.6 Å². The average molecular weight is 367 g/mol. The Balaban J connectivity index is 1.45. The second-order valence-electron chi connectivity index (χ2n) is 8.21. The van der Waals surface area contributed by atoms with E-state index >= 15 is 0 Å². The SMILES string of the molecule is N#Cc1ccccc1C(=O)N1CCC[C@@]2(CCCN2C[C@H]2CCCO2)CC1. The number of likely N-dealkylation sites (tertiary alicyclic amines) is 2. The molecule has 2 atom stereocenters. The Hall–Kier alpha value is -1.90. The van der Waals surface area contributed by atoms with Crippen LogP contribution >= 0.6 is 0 Å². The van der Waals surface area contributed by atoms with Crippen molar-refractivity contribution in [3.63, 3.8) is 0 Å². The highest BCUT2D eigenvalue weighted by atomic mass is 16.5.